The molecule has 0 atom stereocenters. The summed E-state index contributed by atoms with van der Waals surface area (Å²) >= 11 is 0. The van der Waals surface area contributed by atoms with Crippen LogP contribution in [-0.2, 0) is 4.74 Å². The molecule has 0 bridgehead atoms. The summed E-state index contributed by atoms with van der Waals surface area (Å²) in [7, 11) is 1.98. The zero-order valence-electron chi connectivity index (χ0n) is 9.11. The van der Waals surface area contributed by atoms with E-state index in [2.05, 4.69) is 33.0 Å². The van der Waals surface area contributed by atoms with E-state index in [0.29, 0.717) is 5.92 Å². The standard InChI is InChI=1S/C10H23NO/c1-9(2)6-12-8-10(3,4)7-11-5/h9,11H,6-8H2,1-5H3. The van der Waals surface area contributed by atoms with Gasteiger partial charge in [-0.2, -0.15) is 0 Å². The minimum atomic E-state index is 0.254. The minimum Gasteiger partial charge on any atom is -0.381 e. The van der Waals surface area contributed by atoms with Gasteiger partial charge in [-0.3, -0.25) is 0 Å². The maximum Gasteiger partial charge on any atom is 0.0529 e. The maximum absolute atomic E-state index is 5.57. The summed E-state index contributed by atoms with van der Waals surface area (Å²) in [4.78, 5) is 0. The topological polar surface area (TPSA) is 21.3 Å². The highest BCUT2D eigenvalue weighted by Gasteiger charge is 2.16. The Morgan fingerprint density at radius 2 is 1.92 bits per heavy atom. The van der Waals surface area contributed by atoms with Gasteiger partial charge < -0.3 is 10.1 Å². The fourth-order valence-corrected chi connectivity index (χ4v) is 1.10. The van der Waals surface area contributed by atoms with Crippen molar-refractivity contribution in [2.45, 2.75) is 27.7 Å². The van der Waals surface area contributed by atoms with Crippen molar-refractivity contribution >= 4 is 0 Å². The molecule has 2 nitrogen and oxygen atoms in total. The van der Waals surface area contributed by atoms with Crippen LogP contribution in [0.4, 0.5) is 0 Å². The lowest BCUT2D eigenvalue weighted by atomic mass is 9.95. The first-order valence-corrected chi connectivity index (χ1v) is 4.70. The van der Waals surface area contributed by atoms with Gasteiger partial charge in [0.2, 0.25) is 0 Å². The van der Waals surface area contributed by atoms with E-state index in [9.17, 15) is 0 Å². The zero-order valence-corrected chi connectivity index (χ0v) is 9.11. The average molecular weight is 173 g/mol. The lowest BCUT2D eigenvalue weighted by molar-refractivity contribution is 0.0475. The van der Waals surface area contributed by atoms with E-state index in [4.69, 9.17) is 4.74 Å². The first-order valence-electron chi connectivity index (χ1n) is 4.70. The van der Waals surface area contributed by atoms with Crippen LogP contribution in [0, 0.1) is 11.3 Å². The van der Waals surface area contributed by atoms with Gasteiger partial charge in [0, 0.05) is 18.6 Å². The Bertz CT molecular complexity index is 110. The molecule has 0 spiro atoms. The van der Waals surface area contributed by atoms with Gasteiger partial charge in [-0.25, -0.2) is 0 Å². The molecule has 0 aliphatic carbocycles. The van der Waals surface area contributed by atoms with E-state index in [1.807, 2.05) is 7.05 Å². The molecule has 0 saturated carbocycles. The Kier molecular flexibility index (Phi) is 5.51. The highest BCUT2D eigenvalue weighted by Crippen LogP contribution is 2.13. The molecule has 0 aliphatic rings. The van der Waals surface area contributed by atoms with Crippen molar-refractivity contribution in [1.29, 1.82) is 0 Å². The van der Waals surface area contributed by atoms with Crippen molar-refractivity contribution in [3.8, 4) is 0 Å². The summed E-state index contributed by atoms with van der Waals surface area (Å²) in [6, 6.07) is 0. The molecule has 0 unspecified atom stereocenters. The van der Waals surface area contributed by atoms with Gasteiger partial charge in [0.25, 0.3) is 0 Å². The molecule has 0 rings (SSSR count). The van der Waals surface area contributed by atoms with Gasteiger partial charge in [0.05, 0.1) is 6.61 Å². The first-order chi connectivity index (χ1) is 5.48. The quantitative estimate of drug-likeness (QED) is 0.662. The van der Waals surface area contributed by atoms with Crippen molar-refractivity contribution in [3.63, 3.8) is 0 Å². The Morgan fingerprint density at radius 3 is 2.33 bits per heavy atom. The van der Waals surface area contributed by atoms with Gasteiger partial charge >= 0.3 is 0 Å². The third kappa shape index (κ3) is 6.62. The third-order valence-corrected chi connectivity index (χ3v) is 1.60. The SMILES string of the molecule is CNCC(C)(C)COCC(C)C. The molecule has 74 valence electrons. The summed E-state index contributed by atoms with van der Waals surface area (Å²) in [6.07, 6.45) is 0. The van der Waals surface area contributed by atoms with Crippen LogP contribution >= 0.6 is 0 Å². The second-order valence-corrected chi connectivity index (χ2v) is 4.60. The van der Waals surface area contributed by atoms with E-state index < -0.39 is 0 Å². The molecule has 0 amide bonds. The van der Waals surface area contributed by atoms with E-state index in [1.165, 1.54) is 0 Å². The van der Waals surface area contributed by atoms with Crippen molar-refractivity contribution in [1.82, 2.24) is 5.32 Å². The molecule has 0 heterocycles. The number of rotatable bonds is 6. The molecule has 0 aromatic carbocycles. The summed E-state index contributed by atoms with van der Waals surface area (Å²) < 4.78 is 5.57. The predicted octanol–water partition coefficient (Wildman–Crippen LogP) is 1.90. The van der Waals surface area contributed by atoms with Crippen LogP contribution in [0.3, 0.4) is 0 Å². The van der Waals surface area contributed by atoms with Crippen molar-refractivity contribution < 1.29 is 4.74 Å². The normalized spacial score (nSPS) is 12.5. The molecule has 2 heteroatoms. The van der Waals surface area contributed by atoms with Gasteiger partial charge in [0.15, 0.2) is 0 Å². The number of ether oxygens (including phenoxy) is 1. The fourth-order valence-electron chi connectivity index (χ4n) is 1.10. The summed E-state index contributed by atoms with van der Waals surface area (Å²) in [5.41, 5.74) is 0.254. The van der Waals surface area contributed by atoms with E-state index in [0.717, 1.165) is 19.8 Å². The van der Waals surface area contributed by atoms with Crippen molar-refractivity contribution in [2.75, 3.05) is 26.8 Å². The van der Waals surface area contributed by atoms with Crippen molar-refractivity contribution in [3.05, 3.63) is 0 Å². The fraction of sp³-hybridized carbons (Fsp3) is 1.00. The van der Waals surface area contributed by atoms with Crippen LogP contribution in [0.2, 0.25) is 0 Å². The average Bonchev–Trinajstić information content (AvgIpc) is 1.85. The van der Waals surface area contributed by atoms with E-state index >= 15 is 0 Å². The van der Waals surface area contributed by atoms with Gasteiger partial charge in [-0.05, 0) is 13.0 Å². The van der Waals surface area contributed by atoms with Crippen LogP contribution in [-0.4, -0.2) is 26.8 Å². The van der Waals surface area contributed by atoms with Gasteiger partial charge in [-0.1, -0.05) is 27.7 Å². The zero-order chi connectivity index (χ0) is 9.61. The van der Waals surface area contributed by atoms with Crippen LogP contribution in [0.5, 0.6) is 0 Å². The predicted molar refractivity (Wildman–Crippen MR) is 53.4 cm³/mol. The van der Waals surface area contributed by atoms with Crippen LogP contribution in [0.15, 0.2) is 0 Å². The third-order valence-electron chi connectivity index (χ3n) is 1.60. The molecular formula is C10H23NO. The lowest BCUT2D eigenvalue weighted by Gasteiger charge is -2.24. The van der Waals surface area contributed by atoms with Crippen LogP contribution in [0.25, 0.3) is 0 Å². The minimum absolute atomic E-state index is 0.254. The first kappa shape index (κ1) is 11.9. The van der Waals surface area contributed by atoms with E-state index in [-0.39, 0.29) is 5.41 Å². The van der Waals surface area contributed by atoms with Gasteiger partial charge in [0.1, 0.15) is 0 Å². The Balaban J connectivity index is 3.46. The molecule has 0 aromatic rings. The Morgan fingerprint density at radius 1 is 1.33 bits per heavy atom. The maximum atomic E-state index is 5.57. The molecule has 1 N–H and O–H groups in total. The number of hydrogen-bond acceptors (Lipinski definition) is 2. The number of nitrogens with one attached hydrogen (secondary N) is 1. The monoisotopic (exact) mass is 173 g/mol. The Labute approximate surface area is 76.7 Å². The summed E-state index contributed by atoms with van der Waals surface area (Å²) in [5, 5.41) is 3.17. The smallest absolute Gasteiger partial charge is 0.0529 e. The Hall–Kier alpha value is -0.0800. The second kappa shape index (κ2) is 5.55. The number of hydrogen-bond donors (Lipinski definition) is 1. The van der Waals surface area contributed by atoms with E-state index in [1.54, 1.807) is 0 Å². The molecular weight excluding hydrogens is 150 g/mol. The molecule has 12 heavy (non-hydrogen) atoms. The van der Waals surface area contributed by atoms with Gasteiger partial charge in [-0.15, -0.1) is 0 Å². The summed E-state index contributed by atoms with van der Waals surface area (Å²) in [6.45, 7) is 11.5. The lowest BCUT2D eigenvalue weighted by Crippen LogP contribution is -2.31. The molecule has 0 fully saturated rings. The highest BCUT2D eigenvalue weighted by atomic mass is 16.5. The summed E-state index contributed by atoms with van der Waals surface area (Å²) in [5.74, 6) is 0.635. The second-order valence-electron chi connectivity index (χ2n) is 4.60. The molecule has 0 radical (unpaired) electrons. The largest absolute Gasteiger partial charge is 0.381 e. The molecule has 0 aromatic heterocycles. The molecule has 0 aliphatic heterocycles. The van der Waals surface area contributed by atoms with Crippen LogP contribution < -0.4 is 5.32 Å². The highest BCUT2D eigenvalue weighted by molar-refractivity contribution is 4.69. The molecule has 0 saturated heterocycles. The van der Waals surface area contributed by atoms with Crippen LogP contribution in [0.1, 0.15) is 27.7 Å². The van der Waals surface area contributed by atoms with Crippen molar-refractivity contribution in [2.24, 2.45) is 11.3 Å².